The molecule has 0 unspecified atom stereocenters. The van der Waals surface area contributed by atoms with E-state index in [2.05, 4.69) is 0 Å². The molecule has 0 aromatic carbocycles. The maximum absolute atomic E-state index is 12.3. The van der Waals surface area contributed by atoms with Crippen molar-refractivity contribution in [3.05, 3.63) is 32.9 Å². The van der Waals surface area contributed by atoms with Crippen LogP contribution < -0.4 is 11.2 Å². The van der Waals surface area contributed by atoms with Crippen LogP contribution in [0.4, 0.5) is 4.39 Å². The third-order valence-corrected chi connectivity index (χ3v) is 1.12. The summed E-state index contributed by atoms with van der Waals surface area (Å²) in [6.07, 6.45) is 0.640. The second-order valence-electron chi connectivity index (χ2n) is 1.85. The van der Waals surface area contributed by atoms with E-state index < -0.39 is 23.8 Å². The zero-order valence-corrected chi connectivity index (χ0v) is 7.37. The van der Waals surface area contributed by atoms with E-state index in [-0.39, 0.29) is 0 Å². The Hall–Kier alpha value is -1.43. The Morgan fingerprint density at radius 2 is 2.08 bits per heavy atom. The highest BCUT2D eigenvalue weighted by atomic mass is 19.1. The van der Waals surface area contributed by atoms with Gasteiger partial charge in [-0.2, -0.15) is 4.39 Å². The number of aromatic nitrogens is 2. The average molecular weight is 190 g/mol. The van der Waals surface area contributed by atoms with Gasteiger partial charge in [0.15, 0.2) is 0 Å². The number of hydrogen-bond acceptors (Lipinski definition) is 3. The topological polar surface area (TPSA) is 75.1 Å². The Labute approximate surface area is 73.5 Å². The molecule has 0 saturated carbocycles. The van der Waals surface area contributed by atoms with Crippen LogP contribution in [-0.4, -0.2) is 14.7 Å². The number of hydrogen-bond donors (Lipinski definition) is 2. The van der Waals surface area contributed by atoms with Crippen LogP contribution in [0.3, 0.4) is 0 Å². The first-order valence-corrected chi connectivity index (χ1v) is 3.75. The lowest BCUT2D eigenvalue weighted by Crippen LogP contribution is -2.31. The molecular weight excluding hydrogens is 179 g/mol. The van der Waals surface area contributed by atoms with E-state index in [1.165, 1.54) is 0 Å². The van der Waals surface area contributed by atoms with Crippen molar-refractivity contribution in [3.63, 3.8) is 0 Å². The molecule has 13 heavy (non-hydrogen) atoms. The van der Waals surface area contributed by atoms with Gasteiger partial charge in [0.1, 0.15) is 6.73 Å². The SMILES string of the molecule is CC.O=c1[nH]c(=O)n(CO)cc1F. The van der Waals surface area contributed by atoms with Crippen LogP contribution in [0.5, 0.6) is 0 Å². The first-order chi connectivity index (χ1) is 6.15. The summed E-state index contributed by atoms with van der Waals surface area (Å²) in [5.41, 5.74) is -1.92. The molecule has 0 aliphatic carbocycles. The number of nitrogens with one attached hydrogen (secondary N) is 1. The molecule has 0 aliphatic heterocycles. The van der Waals surface area contributed by atoms with Gasteiger partial charge in [-0.15, -0.1) is 0 Å². The van der Waals surface area contributed by atoms with Crippen LogP contribution >= 0.6 is 0 Å². The monoisotopic (exact) mass is 190 g/mol. The molecule has 0 fully saturated rings. The Morgan fingerprint density at radius 1 is 1.54 bits per heavy atom. The van der Waals surface area contributed by atoms with E-state index in [9.17, 15) is 14.0 Å². The van der Waals surface area contributed by atoms with Crippen LogP contribution in [0.1, 0.15) is 13.8 Å². The molecule has 1 heterocycles. The highest BCUT2D eigenvalue weighted by molar-refractivity contribution is 4.86. The van der Waals surface area contributed by atoms with Gasteiger partial charge >= 0.3 is 5.69 Å². The molecule has 1 rings (SSSR count). The summed E-state index contributed by atoms with van der Waals surface area (Å²) in [6.45, 7) is 3.34. The fraction of sp³-hybridized carbons (Fsp3) is 0.429. The second-order valence-corrected chi connectivity index (χ2v) is 1.85. The van der Waals surface area contributed by atoms with E-state index in [1.807, 2.05) is 13.8 Å². The molecule has 0 atom stereocenters. The minimum atomic E-state index is -1.10. The van der Waals surface area contributed by atoms with Crippen molar-refractivity contribution in [2.45, 2.75) is 20.6 Å². The van der Waals surface area contributed by atoms with Crippen molar-refractivity contribution in [1.29, 1.82) is 0 Å². The van der Waals surface area contributed by atoms with Gasteiger partial charge in [0.05, 0.1) is 6.20 Å². The van der Waals surface area contributed by atoms with Crippen molar-refractivity contribution < 1.29 is 9.50 Å². The molecule has 0 spiro atoms. The molecule has 1 aromatic heterocycles. The van der Waals surface area contributed by atoms with Gasteiger partial charge in [0.2, 0.25) is 5.82 Å². The van der Waals surface area contributed by atoms with E-state index >= 15 is 0 Å². The molecule has 0 aliphatic rings. The van der Waals surface area contributed by atoms with Gasteiger partial charge in [0, 0.05) is 0 Å². The Bertz CT molecular complexity index is 369. The van der Waals surface area contributed by atoms with E-state index in [0.717, 1.165) is 0 Å². The largest absolute Gasteiger partial charge is 0.376 e. The summed E-state index contributed by atoms with van der Waals surface area (Å²) in [5, 5.41) is 8.41. The molecule has 0 bridgehead atoms. The van der Waals surface area contributed by atoms with Crippen molar-refractivity contribution in [2.75, 3.05) is 0 Å². The van der Waals surface area contributed by atoms with Gasteiger partial charge in [0.25, 0.3) is 5.56 Å². The molecule has 5 nitrogen and oxygen atoms in total. The molecule has 2 N–H and O–H groups in total. The van der Waals surface area contributed by atoms with Crippen LogP contribution in [0.25, 0.3) is 0 Å². The summed E-state index contributed by atoms with van der Waals surface area (Å²) in [5.74, 6) is -1.10. The van der Waals surface area contributed by atoms with Gasteiger partial charge in [-0.05, 0) is 0 Å². The number of aliphatic hydroxyl groups is 1. The summed E-state index contributed by atoms with van der Waals surface area (Å²) in [4.78, 5) is 22.7. The second kappa shape index (κ2) is 5.26. The van der Waals surface area contributed by atoms with Crippen molar-refractivity contribution in [2.24, 2.45) is 0 Å². The number of aliphatic hydroxyl groups excluding tert-OH is 1. The van der Waals surface area contributed by atoms with Gasteiger partial charge in [-0.1, -0.05) is 13.8 Å². The number of rotatable bonds is 1. The predicted molar refractivity (Wildman–Crippen MR) is 44.8 cm³/mol. The number of aromatic amines is 1. The molecule has 0 radical (unpaired) electrons. The molecule has 1 aromatic rings. The third kappa shape index (κ3) is 2.83. The minimum Gasteiger partial charge on any atom is -0.376 e. The number of nitrogens with zero attached hydrogens (tertiary/aromatic N) is 1. The zero-order chi connectivity index (χ0) is 10.4. The Kier molecular flexibility index (Phi) is 4.68. The molecule has 6 heteroatoms. The average Bonchev–Trinajstić information content (AvgIpc) is 2.15. The standard InChI is InChI=1S/C5H5FN2O3.C2H6/c6-3-1-8(2-9)5(11)7-4(3)10;1-2/h1,9H,2H2,(H,7,10,11);1-2H3. The van der Waals surface area contributed by atoms with Crippen molar-refractivity contribution in [1.82, 2.24) is 9.55 Å². The highest BCUT2D eigenvalue weighted by Gasteiger charge is 2.00. The van der Waals surface area contributed by atoms with Crippen molar-refractivity contribution >= 4 is 0 Å². The summed E-state index contributed by atoms with van der Waals surface area (Å²) in [7, 11) is 0. The summed E-state index contributed by atoms with van der Waals surface area (Å²) in [6, 6.07) is 0. The zero-order valence-electron chi connectivity index (χ0n) is 7.37. The fourth-order valence-electron chi connectivity index (χ4n) is 0.588. The first-order valence-electron chi connectivity index (χ1n) is 3.75. The van der Waals surface area contributed by atoms with Crippen LogP contribution in [0.15, 0.2) is 15.8 Å². The minimum absolute atomic E-state index is 0.636. The molecule has 0 saturated heterocycles. The van der Waals surface area contributed by atoms with E-state index in [1.54, 1.807) is 4.98 Å². The first kappa shape index (κ1) is 11.6. The van der Waals surface area contributed by atoms with Gasteiger partial charge in [-0.25, -0.2) is 4.79 Å². The fourth-order valence-corrected chi connectivity index (χ4v) is 0.588. The van der Waals surface area contributed by atoms with Crippen LogP contribution in [0, 0.1) is 5.82 Å². The molecule has 74 valence electrons. The lowest BCUT2D eigenvalue weighted by atomic mass is 10.6. The lowest BCUT2D eigenvalue weighted by molar-refractivity contribution is 0.201. The van der Waals surface area contributed by atoms with Crippen molar-refractivity contribution in [3.8, 4) is 0 Å². The highest BCUT2D eigenvalue weighted by Crippen LogP contribution is 1.81. The van der Waals surface area contributed by atoms with Crippen LogP contribution in [-0.2, 0) is 6.73 Å². The van der Waals surface area contributed by atoms with Gasteiger partial charge in [-0.3, -0.25) is 14.3 Å². The lowest BCUT2D eigenvalue weighted by Gasteiger charge is -1.96. The number of halogens is 1. The normalized spacial score (nSPS) is 8.92. The maximum Gasteiger partial charge on any atom is 0.330 e. The molecular formula is C7H11FN2O3. The van der Waals surface area contributed by atoms with Crippen LogP contribution in [0.2, 0.25) is 0 Å². The van der Waals surface area contributed by atoms with E-state index in [4.69, 9.17) is 5.11 Å². The quantitative estimate of drug-likeness (QED) is 0.635. The predicted octanol–water partition coefficient (Wildman–Crippen LogP) is -0.348. The molecule has 0 amide bonds. The third-order valence-electron chi connectivity index (χ3n) is 1.12. The Balaban J connectivity index is 0.000000671. The Morgan fingerprint density at radius 3 is 2.54 bits per heavy atom. The summed E-state index contributed by atoms with van der Waals surface area (Å²) >= 11 is 0. The van der Waals surface area contributed by atoms with Gasteiger partial charge < -0.3 is 5.11 Å². The number of H-pyrrole nitrogens is 1. The van der Waals surface area contributed by atoms with E-state index in [0.29, 0.717) is 10.8 Å². The maximum atomic E-state index is 12.3. The summed E-state index contributed by atoms with van der Waals surface area (Å²) < 4.78 is 13.0. The smallest absolute Gasteiger partial charge is 0.330 e.